The number of benzene rings is 1. The fourth-order valence-corrected chi connectivity index (χ4v) is 3.11. The highest BCUT2D eigenvalue weighted by Gasteiger charge is 2.23. The smallest absolute Gasteiger partial charge is 0.0418 e. The van der Waals surface area contributed by atoms with E-state index in [2.05, 4.69) is 35.8 Å². The summed E-state index contributed by atoms with van der Waals surface area (Å²) < 4.78 is 0. The molecule has 0 radical (unpaired) electrons. The molecule has 0 aromatic heterocycles. The molecular formula is C16H24N2. The van der Waals surface area contributed by atoms with Crippen molar-refractivity contribution >= 4 is 5.69 Å². The Hall–Kier alpha value is -1.02. The van der Waals surface area contributed by atoms with Gasteiger partial charge in [-0.15, -0.1) is 0 Å². The molecule has 0 saturated heterocycles. The Balaban J connectivity index is 1.65. The number of rotatable bonds is 4. The van der Waals surface area contributed by atoms with Crippen LogP contribution < -0.4 is 10.6 Å². The second-order valence-electron chi connectivity index (χ2n) is 5.84. The zero-order valence-corrected chi connectivity index (χ0v) is 11.3. The second-order valence-corrected chi connectivity index (χ2v) is 5.84. The molecule has 1 aromatic rings. The maximum atomic E-state index is 3.71. The molecule has 0 bridgehead atoms. The molecule has 2 aliphatic rings. The lowest BCUT2D eigenvalue weighted by molar-refractivity contribution is 0.240. The number of aryl methyl sites for hydroxylation is 1. The maximum absolute atomic E-state index is 3.71. The van der Waals surface area contributed by atoms with Crippen molar-refractivity contribution < 1.29 is 0 Å². The molecule has 1 unspecified atom stereocenters. The van der Waals surface area contributed by atoms with E-state index in [0.717, 1.165) is 19.0 Å². The molecule has 1 fully saturated rings. The minimum Gasteiger partial charge on any atom is -0.385 e. The first kappa shape index (κ1) is 12.0. The van der Waals surface area contributed by atoms with E-state index in [9.17, 15) is 0 Å². The largest absolute Gasteiger partial charge is 0.385 e. The predicted molar refractivity (Wildman–Crippen MR) is 76.9 cm³/mol. The first-order chi connectivity index (χ1) is 8.84. The summed E-state index contributed by atoms with van der Waals surface area (Å²) in [6, 6.07) is 7.40. The van der Waals surface area contributed by atoms with E-state index in [0.29, 0.717) is 6.04 Å². The molecule has 0 amide bonds. The van der Waals surface area contributed by atoms with Crippen LogP contribution in [0.3, 0.4) is 0 Å². The molecule has 0 spiro atoms. The summed E-state index contributed by atoms with van der Waals surface area (Å²) in [4.78, 5) is 0. The van der Waals surface area contributed by atoms with Crippen LogP contribution in [0.1, 0.15) is 43.7 Å². The van der Waals surface area contributed by atoms with Gasteiger partial charge in [-0.2, -0.15) is 0 Å². The van der Waals surface area contributed by atoms with Crippen LogP contribution in [-0.2, 0) is 13.0 Å². The van der Waals surface area contributed by atoms with Crippen LogP contribution in [0.4, 0.5) is 5.69 Å². The van der Waals surface area contributed by atoms with Gasteiger partial charge < -0.3 is 10.6 Å². The molecule has 3 rings (SSSR count). The summed E-state index contributed by atoms with van der Waals surface area (Å²) in [5.74, 6) is 0.914. The van der Waals surface area contributed by atoms with Crippen LogP contribution in [0.5, 0.6) is 0 Å². The zero-order chi connectivity index (χ0) is 12.4. The molecule has 2 N–H and O–H groups in total. The van der Waals surface area contributed by atoms with E-state index in [1.54, 1.807) is 0 Å². The summed E-state index contributed by atoms with van der Waals surface area (Å²) in [5, 5.41) is 7.28. The van der Waals surface area contributed by atoms with Crippen LogP contribution in [0.15, 0.2) is 18.2 Å². The number of para-hydroxylation sites is 1. The summed E-state index contributed by atoms with van der Waals surface area (Å²) >= 11 is 0. The third-order valence-electron chi connectivity index (χ3n) is 4.63. The summed E-state index contributed by atoms with van der Waals surface area (Å²) in [6.45, 7) is 4.47. The van der Waals surface area contributed by atoms with Crippen molar-refractivity contribution in [3.05, 3.63) is 29.3 Å². The Morgan fingerprint density at radius 3 is 3.00 bits per heavy atom. The van der Waals surface area contributed by atoms with E-state index in [1.807, 2.05) is 0 Å². The minimum atomic E-state index is 0.665. The molecule has 1 aromatic carbocycles. The first-order valence-corrected chi connectivity index (χ1v) is 7.42. The van der Waals surface area contributed by atoms with E-state index in [1.165, 1.54) is 48.9 Å². The Labute approximate surface area is 110 Å². The quantitative estimate of drug-likeness (QED) is 0.849. The van der Waals surface area contributed by atoms with Gasteiger partial charge in [-0.05, 0) is 49.7 Å². The van der Waals surface area contributed by atoms with Crippen molar-refractivity contribution in [1.29, 1.82) is 0 Å². The molecule has 2 heteroatoms. The molecule has 1 aliphatic heterocycles. The fourth-order valence-electron chi connectivity index (χ4n) is 3.11. The van der Waals surface area contributed by atoms with E-state index in [4.69, 9.17) is 0 Å². The predicted octanol–water partition coefficient (Wildman–Crippen LogP) is 3.32. The average molecular weight is 244 g/mol. The summed E-state index contributed by atoms with van der Waals surface area (Å²) in [7, 11) is 0. The number of anilines is 1. The van der Waals surface area contributed by atoms with Crippen molar-refractivity contribution in [3.63, 3.8) is 0 Å². The van der Waals surface area contributed by atoms with Gasteiger partial charge in [0.2, 0.25) is 0 Å². The first-order valence-electron chi connectivity index (χ1n) is 7.42. The zero-order valence-electron chi connectivity index (χ0n) is 11.3. The lowest BCUT2D eigenvalue weighted by Gasteiger charge is -2.32. The normalized spacial score (nSPS) is 20.7. The van der Waals surface area contributed by atoms with Gasteiger partial charge in [-0.25, -0.2) is 0 Å². The third-order valence-corrected chi connectivity index (χ3v) is 4.63. The van der Waals surface area contributed by atoms with Crippen molar-refractivity contribution in [2.24, 2.45) is 5.92 Å². The lowest BCUT2D eigenvalue weighted by atomic mass is 9.80. The van der Waals surface area contributed by atoms with Gasteiger partial charge in [0, 0.05) is 24.8 Å². The number of nitrogens with one attached hydrogen (secondary N) is 2. The van der Waals surface area contributed by atoms with Gasteiger partial charge in [-0.3, -0.25) is 0 Å². The van der Waals surface area contributed by atoms with E-state index < -0.39 is 0 Å². The van der Waals surface area contributed by atoms with Crippen molar-refractivity contribution in [2.45, 2.75) is 51.6 Å². The van der Waals surface area contributed by atoms with Gasteiger partial charge >= 0.3 is 0 Å². The van der Waals surface area contributed by atoms with Crippen molar-refractivity contribution in [2.75, 3.05) is 11.9 Å². The minimum absolute atomic E-state index is 0.665. The van der Waals surface area contributed by atoms with E-state index in [-0.39, 0.29) is 0 Å². The van der Waals surface area contributed by atoms with Gasteiger partial charge in [-0.1, -0.05) is 24.6 Å². The summed E-state index contributed by atoms with van der Waals surface area (Å²) in [5.41, 5.74) is 4.34. The topological polar surface area (TPSA) is 24.1 Å². The lowest BCUT2D eigenvalue weighted by Crippen LogP contribution is -2.36. The second kappa shape index (κ2) is 5.31. The van der Waals surface area contributed by atoms with Gasteiger partial charge in [0.05, 0.1) is 0 Å². The summed E-state index contributed by atoms with van der Waals surface area (Å²) in [6.07, 6.45) is 6.76. The molecule has 98 valence electrons. The Morgan fingerprint density at radius 2 is 2.22 bits per heavy atom. The van der Waals surface area contributed by atoms with Crippen LogP contribution in [0, 0.1) is 5.92 Å². The van der Waals surface area contributed by atoms with E-state index >= 15 is 0 Å². The van der Waals surface area contributed by atoms with Crippen molar-refractivity contribution in [3.8, 4) is 0 Å². The molecular weight excluding hydrogens is 220 g/mol. The highest BCUT2D eigenvalue weighted by Crippen LogP contribution is 2.30. The SMILES string of the molecule is CC(NCc1cccc2c1NCCC2)C1CCC1. The Morgan fingerprint density at radius 1 is 1.33 bits per heavy atom. The Kier molecular flexibility index (Phi) is 3.55. The highest BCUT2D eigenvalue weighted by molar-refractivity contribution is 5.59. The number of fused-ring (bicyclic) bond motifs is 1. The standard InChI is InChI=1S/C16H24N2/c1-12(13-5-2-6-13)18-11-15-8-3-7-14-9-4-10-17-16(14)15/h3,7-8,12-13,17-18H,2,4-6,9-11H2,1H3. The molecule has 2 nitrogen and oxygen atoms in total. The van der Waals surface area contributed by atoms with Crippen LogP contribution in [-0.4, -0.2) is 12.6 Å². The molecule has 1 heterocycles. The van der Waals surface area contributed by atoms with Gasteiger partial charge in [0.1, 0.15) is 0 Å². The Bertz CT molecular complexity index is 410. The van der Waals surface area contributed by atoms with Crippen LogP contribution in [0.25, 0.3) is 0 Å². The van der Waals surface area contributed by atoms with Gasteiger partial charge in [0.25, 0.3) is 0 Å². The van der Waals surface area contributed by atoms with Crippen LogP contribution >= 0.6 is 0 Å². The fraction of sp³-hybridized carbons (Fsp3) is 0.625. The number of hydrogen-bond acceptors (Lipinski definition) is 2. The van der Waals surface area contributed by atoms with Crippen molar-refractivity contribution in [1.82, 2.24) is 5.32 Å². The maximum Gasteiger partial charge on any atom is 0.0418 e. The van der Waals surface area contributed by atoms with Gasteiger partial charge in [0.15, 0.2) is 0 Å². The highest BCUT2D eigenvalue weighted by atomic mass is 14.9. The molecule has 1 atom stereocenters. The monoisotopic (exact) mass is 244 g/mol. The molecule has 18 heavy (non-hydrogen) atoms. The number of hydrogen-bond donors (Lipinski definition) is 2. The average Bonchev–Trinajstić information content (AvgIpc) is 2.34. The third kappa shape index (κ3) is 2.39. The molecule has 1 aliphatic carbocycles. The van der Waals surface area contributed by atoms with Crippen LogP contribution in [0.2, 0.25) is 0 Å². The molecule has 1 saturated carbocycles.